The van der Waals surface area contributed by atoms with Crippen molar-refractivity contribution in [2.24, 2.45) is 0 Å². The molecule has 0 aromatic rings. The van der Waals surface area contributed by atoms with E-state index in [0.717, 1.165) is 0 Å². The van der Waals surface area contributed by atoms with Crippen LogP contribution in [0.1, 0.15) is 0 Å². The molecule has 0 aliphatic carbocycles. The predicted molar refractivity (Wildman–Crippen MR) is 9.21 cm³/mol. The maximum absolute atomic E-state index is 8.54. The first-order valence-electron chi connectivity index (χ1n) is 0.697. The molecule has 0 unspecified atom stereocenters. The monoisotopic (exact) mass is 264 g/mol. The zero-order chi connectivity index (χ0) is 4.71. The summed E-state index contributed by atoms with van der Waals surface area (Å²) in [7, 11) is 0. The molecule has 6 heavy (non-hydrogen) atoms. The standard InChI is InChI=1S/Al.Mo.3O.Zr.H. The van der Waals surface area contributed by atoms with Crippen LogP contribution in [-0.2, 0) is 53.7 Å². The summed E-state index contributed by atoms with van der Waals surface area (Å²) in [4.78, 5) is 0. The number of hydrogen-bond acceptors (Lipinski definition) is 3. The van der Waals surface area contributed by atoms with Crippen LogP contribution in [0.3, 0.4) is 0 Å². The third-order valence-corrected chi connectivity index (χ3v) is 0. The third kappa shape index (κ3) is 49.4. The van der Waals surface area contributed by atoms with Gasteiger partial charge >= 0.3 is 48.9 Å². The molecule has 3 nitrogen and oxygen atoms in total. The molecule has 0 N–H and O–H groups in total. The van der Waals surface area contributed by atoms with Crippen molar-refractivity contribution in [3.63, 3.8) is 0 Å². The molecule has 0 rings (SSSR count). The first-order chi connectivity index (χ1) is 2.41. The molecule has 0 spiro atoms. The van der Waals surface area contributed by atoms with Crippen LogP contribution in [0.5, 0.6) is 0 Å². The number of hydrogen-bond donors (Lipinski definition) is 0. The van der Waals surface area contributed by atoms with Gasteiger partial charge < -0.3 is 0 Å². The van der Waals surface area contributed by atoms with Crippen molar-refractivity contribution in [3.8, 4) is 0 Å². The Morgan fingerprint density at radius 2 is 1.17 bits per heavy atom. The van der Waals surface area contributed by atoms with Crippen LogP contribution in [0.15, 0.2) is 0 Å². The molecule has 0 aliphatic heterocycles. The molecular weight excluding hydrogens is 262 g/mol. The van der Waals surface area contributed by atoms with Gasteiger partial charge in [0.05, 0.1) is 0 Å². The van der Waals surface area contributed by atoms with E-state index in [4.69, 9.17) is 9.43 Å². The summed E-state index contributed by atoms with van der Waals surface area (Å²) in [6.45, 7) is 0. The van der Waals surface area contributed by atoms with Gasteiger partial charge in [-0.15, -0.1) is 0 Å². The van der Waals surface area contributed by atoms with E-state index >= 15 is 0 Å². The van der Waals surface area contributed by atoms with E-state index in [1.807, 2.05) is 0 Å². The van der Waals surface area contributed by atoms with Gasteiger partial charge in [0.2, 0.25) is 0 Å². The summed E-state index contributed by atoms with van der Waals surface area (Å²) in [5.41, 5.74) is 0. The van der Waals surface area contributed by atoms with Crippen LogP contribution in [0.2, 0.25) is 0 Å². The fraction of sp³-hybridized carbons (Fsp3) is 0. The van der Waals surface area contributed by atoms with Crippen LogP contribution < -0.4 is 0 Å². The van der Waals surface area contributed by atoms with Crippen LogP contribution >= 0.6 is 0 Å². The Kier molecular flexibility index (Phi) is 82.0. The fourth-order valence-electron chi connectivity index (χ4n) is 0. The molecule has 0 fully saturated rings. The van der Waals surface area contributed by atoms with Crippen LogP contribution in [-0.4, -0.2) is 16.2 Å². The quantitative estimate of drug-likeness (QED) is 0.526. The Morgan fingerprint density at radius 1 is 1.17 bits per heavy atom. The van der Waals surface area contributed by atoms with Gasteiger partial charge in [0.25, 0.3) is 0 Å². The van der Waals surface area contributed by atoms with Gasteiger partial charge in [0, 0.05) is 21.1 Å². The molecule has 0 aliphatic rings. The van der Waals surface area contributed by atoms with Gasteiger partial charge in [-0.2, -0.15) is 0 Å². The fourth-order valence-corrected chi connectivity index (χ4v) is 0. The molecule has 0 saturated carbocycles. The average Bonchev–Trinajstić information content (AvgIpc) is 1.46. The summed E-state index contributed by atoms with van der Waals surface area (Å²) in [6.07, 6.45) is 0. The first kappa shape index (κ1) is 15.6. The Bertz CT molecular complexity index is 40.1. The van der Waals surface area contributed by atoms with Crippen molar-refractivity contribution in [3.05, 3.63) is 0 Å². The molecule has 0 saturated heterocycles. The molecule has 32 valence electrons. The van der Waals surface area contributed by atoms with Crippen LogP contribution in [0.25, 0.3) is 0 Å². The third-order valence-electron chi connectivity index (χ3n) is 0. The molecule has 0 heterocycles. The topological polar surface area (TPSA) is 51.2 Å². The van der Waals surface area contributed by atoms with Crippen LogP contribution in [0, 0.1) is 0 Å². The second kappa shape index (κ2) is 31.4. The summed E-state index contributed by atoms with van der Waals surface area (Å²) in [6, 6.07) is 0. The van der Waals surface area contributed by atoms with E-state index in [9.17, 15) is 0 Å². The molecule has 0 bridgehead atoms. The van der Waals surface area contributed by atoms with Crippen molar-refractivity contribution in [2.45, 2.75) is 0 Å². The first-order valence-corrected chi connectivity index (χ1v) is 3.28. The Balaban J connectivity index is -0.0000000275. The van der Waals surface area contributed by atoms with Gasteiger partial charge in [-0.05, 0) is 0 Å². The van der Waals surface area contributed by atoms with Gasteiger partial charge in [0.1, 0.15) is 0 Å². The van der Waals surface area contributed by atoms with Crippen molar-refractivity contribution in [2.75, 3.05) is 0 Å². The molecule has 6 heteroatoms. The summed E-state index contributed by atoms with van der Waals surface area (Å²) >= 11 is -1.66. The van der Waals surface area contributed by atoms with Crippen molar-refractivity contribution in [1.82, 2.24) is 0 Å². The summed E-state index contributed by atoms with van der Waals surface area (Å²) in [5.74, 6) is 0. The average molecular weight is 263 g/mol. The zero-order valence-electron chi connectivity index (χ0n) is 2.84. The van der Waals surface area contributed by atoms with Crippen LogP contribution in [0.4, 0.5) is 0 Å². The van der Waals surface area contributed by atoms with Gasteiger partial charge in [-0.25, -0.2) is 0 Å². The second-order valence-corrected chi connectivity index (χ2v) is 0.493. The maximum atomic E-state index is 8.54. The Hall–Kier alpha value is 1.50. The van der Waals surface area contributed by atoms with E-state index in [0.29, 0.717) is 16.2 Å². The van der Waals surface area contributed by atoms with E-state index in [2.05, 4.69) is 0 Å². The van der Waals surface area contributed by atoms with Crippen molar-refractivity contribution >= 4 is 16.2 Å². The van der Waals surface area contributed by atoms with E-state index in [1.165, 1.54) is 0 Å². The second-order valence-electron chi connectivity index (χ2n) is 0.0833. The Labute approximate surface area is 69.2 Å². The summed E-state index contributed by atoms with van der Waals surface area (Å²) < 4.78 is 25.4. The minimum atomic E-state index is -2.27. The zero-order valence-corrected chi connectivity index (χ0v) is 8.72. The Morgan fingerprint density at radius 3 is 1.17 bits per heavy atom. The molecule has 0 aromatic carbocycles. The van der Waals surface area contributed by atoms with E-state index in [-0.39, 0.29) is 21.1 Å². The van der Waals surface area contributed by atoms with E-state index < -0.39 is 23.2 Å². The van der Waals surface area contributed by atoms with Crippen molar-refractivity contribution in [1.29, 1.82) is 0 Å². The van der Waals surface area contributed by atoms with Crippen molar-refractivity contribution < 1.29 is 53.7 Å². The SMILES string of the molecule is [Mo].[O]=[AlH].[O]=[Zr]=[O]. The molecule has 0 radical (unpaired) electrons. The van der Waals surface area contributed by atoms with Gasteiger partial charge in [0.15, 0.2) is 0 Å². The molecule has 0 atom stereocenters. The van der Waals surface area contributed by atoms with E-state index in [1.54, 1.807) is 0 Å². The molecule has 0 amide bonds. The molecule has 0 aromatic heterocycles. The normalized spacial score (nSPS) is 1.83. The van der Waals surface area contributed by atoms with Gasteiger partial charge in [-0.3, -0.25) is 0 Å². The minimum absolute atomic E-state index is 0. The number of rotatable bonds is 0. The summed E-state index contributed by atoms with van der Waals surface area (Å²) in [5, 5.41) is 0. The molecular formula is HAlMoO3Zr. The predicted octanol–water partition coefficient (Wildman–Crippen LogP) is -1.01. The van der Waals surface area contributed by atoms with Gasteiger partial charge in [-0.1, -0.05) is 0 Å².